The molecule has 0 saturated heterocycles. The Labute approximate surface area is 184 Å². The highest BCUT2D eigenvalue weighted by Gasteiger charge is 2.35. The van der Waals surface area contributed by atoms with Crippen LogP contribution in [0.1, 0.15) is 32.0 Å². The van der Waals surface area contributed by atoms with E-state index in [0.717, 1.165) is 0 Å². The Morgan fingerprint density at radius 3 is 2.38 bits per heavy atom. The Hall–Kier alpha value is -3.09. The first-order chi connectivity index (χ1) is 14.8. The lowest BCUT2D eigenvalue weighted by Gasteiger charge is -2.22. The van der Waals surface area contributed by atoms with Crippen molar-refractivity contribution in [2.75, 3.05) is 17.2 Å². The van der Waals surface area contributed by atoms with E-state index in [2.05, 4.69) is 35.9 Å². The van der Waals surface area contributed by atoms with Crippen molar-refractivity contribution in [3.8, 4) is 0 Å². The first-order valence-electron chi connectivity index (χ1n) is 9.51. The Balaban J connectivity index is 2.01. The van der Waals surface area contributed by atoms with Gasteiger partial charge in [0.15, 0.2) is 0 Å². The summed E-state index contributed by atoms with van der Waals surface area (Å²) in [5.41, 5.74) is -1.36. The first kappa shape index (κ1) is 23.6. The van der Waals surface area contributed by atoms with E-state index in [1.165, 1.54) is 21.9 Å². The molecule has 4 radical (unpaired) electrons. The highest BCUT2D eigenvalue weighted by atomic mass is 19.4. The Bertz CT molecular complexity index is 1060. The van der Waals surface area contributed by atoms with Crippen molar-refractivity contribution in [2.24, 2.45) is 0 Å². The third-order valence-corrected chi connectivity index (χ3v) is 4.41. The van der Waals surface area contributed by atoms with Crippen LogP contribution >= 0.6 is 0 Å². The summed E-state index contributed by atoms with van der Waals surface area (Å²) in [6, 6.07) is 1.59. The maximum Gasteiger partial charge on any atom is 0.421 e. The Morgan fingerprint density at radius 1 is 1.16 bits per heavy atom. The topological polar surface area (TPSA) is 119 Å². The van der Waals surface area contributed by atoms with Gasteiger partial charge in [0.1, 0.15) is 38.4 Å². The van der Waals surface area contributed by atoms with Gasteiger partial charge in [-0.2, -0.15) is 38.2 Å². The Morgan fingerprint density at radius 2 is 1.81 bits per heavy atom. The number of nitrogens with one attached hydrogen (secondary N) is 2. The van der Waals surface area contributed by atoms with Crippen LogP contribution in [-0.4, -0.2) is 67.5 Å². The number of alkyl halides is 3. The van der Waals surface area contributed by atoms with E-state index in [0.29, 0.717) is 11.9 Å². The molecule has 0 bridgehead atoms. The summed E-state index contributed by atoms with van der Waals surface area (Å²) in [6.07, 6.45) is -0.931. The highest BCUT2D eigenvalue weighted by Crippen LogP contribution is 2.34. The minimum Gasteiger partial charge on any atom is -0.407 e. The van der Waals surface area contributed by atoms with Crippen LogP contribution in [0.25, 0.3) is 0 Å². The number of nitrogens with zero attached hydrogens (tertiary/aromatic N) is 7. The van der Waals surface area contributed by atoms with Crippen LogP contribution in [0.15, 0.2) is 24.7 Å². The summed E-state index contributed by atoms with van der Waals surface area (Å²) in [7, 11) is 11.0. The zero-order valence-corrected chi connectivity index (χ0v) is 17.6. The monoisotopic (exact) mass is 445 g/mol. The van der Waals surface area contributed by atoms with E-state index in [-0.39, 0.29) is 30.7 Å². The van der Waals surface area contributed by atoms with E-state index in [9.17, 15) is 18.3 Å². The van der Waals surface area contributed by atoms with Crippen molar-refractivity contribution in [3.63, 3.8) is 0 Å². The number of hydrogen-bond donors (Lipinski definition) is 3. The lowest BCUT2D eigenvalue weighted by atomic mass is 9.65. The third-order valence-electron chi connectivity index (χ3n) is 4.41. The molecule has 0 aromatic carbocycles. The molecule has 166 valence electrons. The van der Waals surface area contributed by atoms with Crippen molar-refractivity contribution in [1.82, 2.24) is 34.7 Å². The maximum atomic E-state index is 13.2. The van der Waals surface area contributed by atoms with E-state index >= 15 is 0 Å². The molecule has 3 heterocycles. The molecule has 3 N–H and O–H groups in total. The van der Waals surface area contributed by atoms with E-state index in [1.807, 2.05) is 0 Å². The first-order valence-corrected chi connectivity index (χ1v) is 9.51. The van der Waals surface area contributed by atoms with Crippen LogP contribution in [0, 0.1) is 0 Å². The van der Waals surface area contributed by atoms with Crippen LogP contribution in [0.4, 0.5) is 30.8 Å². The lowest BCUT2D eigenvalue weighted by Crippen LogP contribution is -2.36. The largest absolute Gasteiger partial charge is 0.421 e. The minimum absolute atomic E-state index is 0.130. The quantitative estimate of drug-likeness (QED) is 0.444. The fourth-order valence-corrected chi connectivity index (χ4v) is 2.85. The number of aromatic nitrogens is 7. The van der Waals surface area contributed by atoms with Gasteiger partial charge in [-0.1, -0.05) is 0 Å². The molecule has 0 saturated carbocycles. The van der Waals surface area contributed by atoms with Crippen molar-refractivity contribution in [1.29, 1.82) is 0 Å². The summed E-state index contributed by atoms with van der Waals surface area (Å²) in [4.78, 5) is 9.13. The molecule has 3 aromatic heterocycles. The molecule has 0 unspecified atom stereocenters. The van der Waals surface area contributed by atoms with Gasteiger partial charge in [0.05, 0.1) is 24.6 Å². The molecule has 10 nitrogen and oxygen atoms in total. The molecule has 0 spiro atoms. The molecular formula is C17H20B2F3N9O. The van der Waals surface area contributed by atoms with Crippen molar-refractivity contribution < 1.29 is 18.3 Å². The van der Waals surface area contributed by atoms with Crippen LogP contribution in [0.5, 0.6) is 0 Å². The molecule has 15 heteroatoms. The second-order valence-electron chi connectivity index (χ2n) is 7.55. The average Bonchev–Trinajstić information content (AvgIpc) is 3.31. The SMILES string of the molecule is [B]C([B])(O)Cn1nc(C(C)(C)n2nccn2)cc1Nc1ncc(C(F)(F)F)c(NCC)n1. The van der Waals surface area contributed by atoms with Gasteiger partial charge in [0.2, 0.25) is 5.95 Å². The number of hydrogen-bond acceptors (Lipinski definition) is 8. The number of rotatable bonds is 8. The zero-order chi connectivity index (χ0) is 23.7. The van der Waals surface area contributed by atoms with E-state index in [1.54, 1.807) is 26.8 Å². The highest BCUT2D eigenvalue weighted by molar-refractivity contribution is 6.38. The number of aliphatic hydroxyl groups is 1. The van der Waals surface area contributed by atoms with Crippen LogP contribution in [0.2, 0.25) is 0 Å². The van der Waals surface area contributed by atoms with Gasteiger partial charge in [0, 0.05) is 24.2 Å². The van der Waals surface area contributed by atoms with Gasteiger partial charge in [-0.15, -0.1) is 0 Å². The third kappa shape index (κ3) is 5.21. The molecule has 0 aliphatic carbocycles. The summed E-state index contributed by atoms with van der Waals surface area (Å²) in [6.45, 7) is 5.14. The predicted molar refractivity (Wildman–Crippen MR) is 112 cm³/mol. The van der Waals surface area contributed by atoms with E-state index < -0.39 is 22.7 Å². The molecule has 0 atom stereocenters. The van der Waals surface area contributed by atoms with Crippen molar-refractivity contribution in [2.45, 2.75) is 44.4 Å². The van der Waals surface area contributed by atoms with Gasteiger partial charge in [0.25, 0.3) is 0 Å². The normalized spacial score (nSPS) is 12.7. The summed E-state index contributed by atoms with van der Waals surface area (Å²) in [5, 5.41) is 25.8. The van der Waals surface area contributed by atoms with Gasteiger partial charge in [-0.3, -0.25) is 0 Å². The second kappa shape index (κ2) is 8.45. The average molecular weight is 445 g/mol. The second-order valence-corrected chi connectivity index (χ2v) is 7.55. The van der Waals surface area contributed by atoms with E-state index in [4.69, 9.17) is 15.7 Å². The smallest absolute Gasteiger partial charge is 0.407 e. The molecular weight excluding hydrogens is 425 g/mol. The maximum absolute atomic E-state index is 13.2. The van der Waals surface area contributed by atoms with Crippen molar-refractivity contribution in [3.05, 3.63) is 35.9 Å². The standard InChI is InChI=1S/C17H20B2F3N9O/c1-4-23-13-10(17(20,21)22)8-24-14(28-13)27-12-7-11(29-30(12)9-16(18,19)32)15(2,3)31-25-5-6-26-31/h5-8,32H,4,9H2,1-3H3,(H2,23,24,27,28). The van der Waals surface area contributed by atoms with Crippen LogP contribution in [-0.2, 0) is 18.3 Å². The lowest BCUT2D eigenvalue weighted by molar-refractivity contribution is -0.137. The molecule has 0 aliphatic heterocycles. The van der Waals surface area contributed by atoms with Gasteiger partial charge < -0.3 is 15.7 Å². The zero-order valence-electron chi connectivity index (χ0n) is 17.6. The summed E-state index contributed by atoms with van der Waals surface area (Å²) < 4.78 is 40.9. The Kier molecular flexibility index (Phi) is 6.22. The minimum atomic E-state index is -4.62. The van der Waals surface area contributed by atoms with Crippen LogP contribution in [0.3, 0.4) is 0 Å². The number of halogens is 3. The molecule has 3 rings (SSSR count). The molecule has 32 heavy (non-hydrogen) atoms. The summed E-state index contributed by atoms with van der Waals surface area (Å²) in [5.74, 6) is -0.273. The van der Waals surface area contributed by atoms with Crippen LogP contribution < -0.4 is 10.6 Å². The summed E-state index contributed by atoms with van der Waals surface area (Å²) >= 11 is 0. The fourth-order valence-electron chi connectivity index (χ4n) is 2.85. The molecule has 0 amide bonds. The number of anilines is 3. The molecule has 3 aromatic rings. The molecule has 0 fully saturated rings. The van der Waals surface area contributed by atoms with Gasteiger partial charge in [-0.05, 0) is 20.8 Å². The molecule has 0 aliphatic rings. The van der Waals surface area contributed by atoms with Gasteiger partial charge in [-0.25, -0.2) is 9.67 Å². The van der Waals surface area contributed by atoms with Gasteiger partial charge >= 0.3 is 6.18 Å². The predicted octanol–water partition coefficient (Wildman–Crippen LogP) is 1.23. The van der Waals surface area contributed by atoms with Crippen molar-refractivity contribution >= 4 is 33.3 Å². The fraction of sp³-hybridized carbons (Fsp3) is 0.471.